The molecule has 0 radical (unpaired) electrons. The molecular formula is C25H46O. The fourth-order valence-electron chi connectivity index (χ4n) is 5.27. The van der Waals surface area contributed by atoms with E-state index in [1.165, 1.54) is 109 Å². The number of hydrogen-bond donors (Lipinski definition) is 0. The quantitative estimate of drug-likeness (QED) is 0.250. The Morgan fingerprint density at radius 1 is 0.769 bits per heavy atom. The SMILES string of the molecule is CCCCC=CO[C@@H]1CCC[C@@H]([C@H]2CC[C@H](CCCCCCC)CC2)C1. The minimum atomic E-state index is 0.503. The van der Waals surface area contributed by atoms with Crippen molar-refractivity contribution in [2.45, 2.75) is 129 Å². The molecule has 0 aliphatic heterocycles. The number of unbranched alkanes of at least 4 members (excludes halogenated alkanes) is 6. The van der Waals surface area contributed by atoms with Gasteiger partial charge in [-0.2, -0.15) is 0 Å². The third kappa shape index (κ3) is 8.49. The van der Waals surface area contributed by atoms with Crippen LogP contribution in [0.2, 0.25) is 0 Å². The average molecular weight is 363 g/mol. The molecule has 2 saturated carbocycles. The molecule has 0 bridgehead atoms. The van der Waals surface area contributed by atoms with E-state index in [4.69, 9.17) is 4.74 Å². The van der Waals surface area contributed by atoms with Gasteiger partial charge in [0.2, 0.25) is 0 Å². The van der Waals surface area contributed by atoms with Crippen molar-refractivity contribution in [3.05, 3.63) is 12.3 Å². The van der Waals surface area contributed by atoms with Crippen LogP contribution in [0.3, 0.4) is 0 Å². The van der Waals surface area contributed by atoms with Crippen LogP contribution in [-0.2, 0) is 4.74 Å². The zero-order valence-corrected chi connectivity index (χ0v) is 17.9. The molecule has 1 heteroatoms. The highest BCUT2D eigenvalue weighted by molar-refractivity contribution is 4.84. The first-order chi connectivity index (χ1) is 12.8. The molecule has 152 valence electrons. The van der Waals surface area contributed by atoms with Crippen LogP contribution in [0, 0.1) is 17.8 Å². The Morgan fingerprint density at radius 3 is 2.31 bits per heavy atom. The van der Waals surface area contributed by atoms with E-state index in [-0.39, 0.29) is 0 Å². The van der Waals surface area contributed by atoms with Gasteiger partial charge in [-0.05, 0) is 75.2 Å². The topological polar surface area (TPSA) is 9.23 Å². The number of rotatable bonds is 12. The molecule has 0 aromatic carbocycles. The molecule has 0 N–H and O–H groups in total. The van der Waals surface area contributed by atoms with Crippen molar-refractivity contribution >= 4 is 0 Å². The summed E-state index contributed by atoms with van der Waals surface area (Å²) in [6, 6.07) is 0. The van der Waals surface area contributed by atoms with Gasteiger partial charge in [-0.15, -0.1) is 0 Å². The molecule has 0 aromatic heterocycles. The summed E-state index contributed by atoms with van der Waals surface area (Å²) in [7, 11) is 0. The van der Waals surface area contributed by atoms with E-state index in [2.05, 4.69) is 19.9 Å². The molecular weight excluding hydrogens is 316 g/mol. The van der Waals surface area contributed by atoms with E-state index in [1.54, 1.807) is 0 Å². The second-order valence-corrected chi connectivity index (χ2v) is 9.18. The Labute approximate surface area is 164 Å². The Kier molecular flexibility index (Phi) is 11.5. The molecule has 0 saturated heterocycles. The maximum absolute atomic E-state index is 6.08. The molecule has 2 fully saturated rings. The first-order valence-electron chi connectivity index (χ1n) is 12.1. The minimum absolute atomic E-state index is 0.503. The van der Waals surface area contributed by atoms with Crippen LogP contribution in [0.1, 0.15) is 123 Å². The molecule has 0 heterocycles. The summed E-state index contributed by atoms with van der Waals surface area (Å²) in [5, 5.41) is 0. The molecule has 1 nitrogen and oxygen atoms in total. The number of hydrogen-bond acceptors (Lipinski definition) is 1. The van der Waals surface area contributed by atoms with Gasteiger partial charge in [0.25, 0.3) is 0 Å². The number of allylic oxidation sites excluding steroid dienone is 1. The lowest BCUT2D eigenvalue weighted by Gasteiger charge is -2.38. The van der Waals surface area contributed by atoms with Gasteiger partial charge in [0.1, 0.15) is 0 Å². The predicted molar refractivity (Wildman–Crippen MR) is 114 cm³/mol. The van der Waals surface area contributed by atoms with Crippen molar-refractivity contribution in [2.24, 2.45) is 17.8 Å². The maximum Gasteiger partial charge on any atom is 0.0981 e. The van der Waals surface area contributed by atoms with Crippen LogP contribution in [0.5, 0.6) is 0 Å². The van der Waals surface area contributed by atoms with Crippen LogP contribution >= 0.6 is 0 Å². The lowest BCUT2D eigenvalue weighted by atomic mass is 9.70. The fraction of sp³-hybridized carbons (Fsp3) is 0.920. The Morgan fingerprint density at radius 2 is 1.54 bits per heavy atom. The van der Waals surface area contributed by atoms with E-state index >= 15 is 0 Å². The molecule has 0 spiro atoms. The molecule has 2 rings (SSSR count). The second-order valence-electron chi connectivity index (χ2n) is 9.18. The van der Waals surface area contributed by atoms with Crippen molar-refractivity contribution in [1.82, 2.24) is 0 Å². The van der Waals surface area contributed by atoms with Crippen LogP contribution in [0.25, 0.3) is 0 Å². The van der Waals surface area contributed by atoms with Crippen molar-refractivity contribution in [2.75, 3.05) is 0 Å². The zero-order chi connectivity index (χ0) is 18.5. The lowest BCUT2D eigenvalue weighted by molar-refractivity contribution is 0.0509. The average Bonchev–Trinajstić information content (AvgIpc) is 2.68. The Balaban J connectivity index is 1.60. The standard InChI is InChI=1S/C25H46O/c1-3-5-7-9-10-13-22-16-18-23(19-17-22)24-14-12-15-25(21-24)26-20-11-8-6-4-2/h11,20,22-25H,3-10,12-19,21H2,1-2H3/t22-,23-,24-,25-/m1/s1. The monoisotopic (exact) mass is 362 g/mol. The predicted octanol–water partition coefficient (Wildman–Crippen LogP) is 8.43. The molecule has 26 heavy (non-hydrogen) atoms. The van der Waals surface area contributed by atoms with E-state index in [0.29, 0.717) is 6.10 Å². The van der Waals surface area contributed by atoms with Gasteiger partial charge in [0.05, 0.1) is 12.4 Å². The van der Waals surface area contributed by atoms with Gasteiger partial charge in [-0.25, -0.2) is 0 Å². The fourth-order valence-corrected chi connectivity index (χ4v) is 5.27. The molecule has 2 atom stereocenters. The summed E-state index contributed by atoms with van der Waals surface area (Å²) in [5.74, 6) is 3.00. The molecule has 2 aliphatic carbocycles. The third-order valence-electron chi connectivity index (χ3n) is 7.03. The summed E-state index contributed by atoms with van der Waals surface area (Å²) >= 11 is 0. The summed E-state index contributed by atoms with van der Waals surface area (Å²) in [6.07, 6.45) is 28.7. The van der Waals surface area contributed by atoms with E-state index < -0.39 is 0 Å². The minimum Gasteiger partial charge on any atom is -0.498 e. The highest BCUT2D eigenvalue weighted by atomic mass is 16.5. The van der Waals surface area contributed by atoms with E-state index in [9.17, 15) is 0 Å². The second kappa shape index (κ2) is 13.7. The number of ether oxygens (including phenoxy) is 1. The molecule has 0 unspecified atom stereocenters. The first kappa shape index (κ1) is 21.8. The zero-order valence-electron chi connectivity index (χ0n) is 17.9. The van der Waals surface area contributed by atoms with Crippen molar-refractivity contribution in [1.29, 1.82) is 0 Å². The normalized spacial score (nSPS) is 29.9. The van der Waals surface area contributed by atoms with Crippen molar-refractivity contribution in [3.8, 4) is 0 Å². The smallest absolute Gasteiger partial charge is 0.0981 e. The maximum atomic E-state index is 6.08. The van der Waals surface area contributed by atoms with Gasteiger partial charge in [0.15, 0.2) is 0 Å². The summed E-state index contributed by atoms with van der Waals surface area (Å²) < 4.78 is 6.08. The summed E-state index contributed by atoms with van der Waals surface area (Å²) in [6.45, 7) is 4.56. The van der Waals surface area contributed by atoms with Gasteiger partial charge in [-0.1, -0.05) is 71.6 Å². The van der Waals surface area contributed by atoms with Gasteiger partial charge in [-0.3, -0.25) is 0 Å². The van der Waals surface area contributed by atoms with Crippen LogP contribution in [0.4, 0.5) is 0 Å². The largest absolute Gasteiger partial charge is 0.498 e. The molecule has 0 amide bonds. The van der Waals surface area contributed by atoms with Gasteiger partial charge < -0.3 is 4.74 Å². The molecule has 0 aromatic rings. The van der Waals surface area contributed by atoms with Crippen molar-refractivity contribution < 1.29 is 4.74 Å². The third-order valence-corrected chi connectivity index (χ3v) is 7.03. The lowest BCUT2D eigenvalue weighted by Crippen LogP contribution is -2.29. The molecule has 2 aliphatic rings. The summed E-state index contributed by atoms with van der Waals surface area (Å²) in [4.78, 5) is 0. The highest BCUT2D eigenvalue weighted by Gasteiger charge is 2.31. The highest BCUT2D eigenvalue weighted by Crippen LogP contribution is 2.41. The Bertz CT molecular complexity index is 353. The summed E-state index contributed by atoms with van der Waals surface area (Å²) in [5.41, 5.74) is 0. The first-order valence-corrected chi connectivity index (χ1v) is 12.1. The van der Waals surface area contributed by atoms with E-state index in [0.717, 1.165) is 17.8 Å². The van der Waals surface area contributed by atoms with Crippen LogP contribution in [-0.4, -0.2) is 6.10 Å². The van der Waals surface area contributed by atoms with Crippen LogP contribution < -0.4 is 0 Å². The van der Waals surface area contributed by atoms with Gasteiger partial charge >= 0.3 is 0 Å². The Hall–Kier alpha value is -0.460. The van der Waals surface area contributed by atoms with Crippen LogP contribution in [0.15, 0.2) is 12.3 Å². The van der Waals surface area contributed by atoms with Gasteiger partial charge in [0, 0.05) is 0 Å². The van der Waals surface area contributed by atoms with Crippen molar-refractivity contribution in [3.63, 3.8) is 0 Å². The van der Waals surface area contributed by atoms with E-state index in [1.807, 2.05) is 6.26 Å².